The number of carbonyl (C=O) groups is 1. The maximum Gasteiger partial charge on any atom is 0.326 e. The van der Waals surface area contributed by atoms with Crippen LogP contribution >= 0.6 is 0 Å². The zero-order valence-electron chi connectivity index (χ0n) is 9.98. The number of esters is 1. The molecule has 0 spiro atoms. The Labute approximate surface area is 110 Å². The highest BCUT2D eigenvalue weighted by molar-refractivity contribution is 7.91. The van der Waals surface area contributed by atoms with E-state index in [-0.39, 0.29) is 5.75 Å². The Morgan fingerprint density at radius 2 is 1.84 bits per heavy atom. The van der Waals surface area contributed by atoms with Crippen LogP contribution in [0.15, 0.2) is 53.1 Å². The quantitative estimate of drug-likeness (QED) is 0.616. The summed E-state index contributed by atoms with van der Waals surface area (Å²) in [6, 6.07) is 11.5. The summed E-state index contributed by atoms with van der Waals surface area (Å²) in [5.74, 6) is -1.18. The van der Waals surface area contributed by atoms with Gasteiger partial charge in [0.1, 0.15) is 23.0 Å². The Balaban J connectivity index is 1.95. The molecule has 0 bridgehead atoms. The van der Waals surface area contributed by atoms with Crippen LogP contribution in [-0.2, 0) is 20.4 Å². The minimum atomic E-state index is -3.59. The molecular formula is C13H12O5S. The number of sulfone groups is 1. The van der Waals surface area contributed by atoms with Crippen LogP contribution in [0, 0.1) is 0 Å². The second-order valence-electron chi connectivity index (χ2n) is 3.90. The number of benzene rings is 1. The summed E-state index contributed by atoms with van der Waals surface area (Å²) in [6.45, 7) is 0. The van der Waals surface area contributed by atoms with Gasteiger partial charge in [0.15, 0.2) is 9.84 Å². The van der Waals surface area contributed by atoms with Gasteiger partial charge in [0.05, 0.1) is 6.26 Å². The molecule has 1 heterocycles. The predicted molar refractivity (Wildman–Crippen MR) is 68.3 cm³/mol. The van der Waals surface area contributed by atoms with Gasteiger partial charge in [0.25, 0.3) is 0 Å². The van der Waals surface area contributed by atoms with Crippen molar-refractivity contribution in [3.05, 3.63) is 54.5 Å². The Morgan fingerprint density at radius 1 is 1.11 bits per heavy atom. The lowest BCUT2D eigenvalue weighted by atomic mass is 10.3. The highest BCUT2D eigenvalue weighted by atomic mass is 32.2. The second-order valence-corrected chi connectivity index (χ2v) is 5.96. The maximum absolute atomic E-state index is 11.7. The zero-order valence-corrected chi connectivity index (χ0v) is 10.8. The third kappa shape index (κ3) is 4.26. The number of ether oxygens (including phenoxy) is 1. The first kappa shape index (κ1) is 13.4. The molecule has 0 N–H and O–H groups in total. The van der Waals surface area contributed by atoms with E-state index in [1.165, 1.54) is 6.26 Å². The SMILES string of the molecule is O=C(CS(=O)(=O)Cc1ccco1)Oc1ccccc1. The number of carbonyl (C=O) groups excluding carboxylic acids is 1. The molecule has 0 saturated carbocycles. The summed E-state index contributed by atoms with van der Waals surface area (Å²) >= 11 is 0. The fraction of sp³-hybridized carbons (Fsp3) is 0.154. The molecule has 0 saturated heterocycles. The minimum absolute atomic E-state index is 0.299. The van der Waals surface area contributed by atoms with E-state index < -0.39 is 21.6 Å². The van der Waals surface area contributed by atoms with Crippen LogP contribution < -0.4 is 4.74 Å². The molecule has 0 aliphatic carbocycles. The molecule has 6 heteroatoms. The molecule has 19 heavy (non-hydrogen) atoms. The lowest BCUT2D eigenvalue weighted by Gasteiger charge is -2.04. The van der Waals surface area contributed by atoms with Crippen LogP contribution in [0.3, 0.4) is 0 Å². The Bertz CT molecular complexity index is 629. The highest BCUT2D eigenvalue weighted by Gasteiger charge is 2.20. The van der Waals surface area contributed by atoms with E-state index in [1.54, 1.807) is 42.5 Å². The first-order valence-corrected chi connectivity index (χ1v) is 7.36. The number of hydrogen-bond acceptors (Lipinski definition) is 5. The van der Waals surface area contributed by atoms with Crippen molar-refractivity contribution in [1.82, 2.24) is 0 Å². The third-order valence-corrected chi connectivity index (χ3v) is 3.65. The number of rotatable bonds is 5. The molecule has 100 valence electrons. The van der Waals surface area contributed by atoms with Crippen LogP contribution in [0.4, 0.5) is 0 Å². The average Bonchev–Trinajstić information content (AvgIpc) is 2.81. The second kappa shape index (κ2) is 5.71. The third-order valence-electron chi connectivity index (χ3n) is 2.25. The summed E-state index contributed by atoms with van der Waals surface area (Å²) in [6.07, 6.45) is 1.38. The fourth-order valence-corrected chi connectivity index (χ4v) is 2.61. The van der Waals surface area contributed by atoms with Gasteiger partial charge in [-0.2, -0.15) is 0 Å². The molecule has 0 aliphatic heterocycles. The van der Waals surface area contributed by atoms with Gasteiger partial charge in [-0.05, 0) is 24.3 Å². The van der Waals surface area contributed by atoms with E-state index in [0.29, 0.717) is 11.5 Å². The highest BCUT2D eigenvalue weighted by Crippen LogP contribution is 2.11. The van der Waals surface area contributed by atoms with Crippen LogP contribution in [0.5, 0.6) is 5.75 Å². The van der Waals surface area contributed by atoms with Crippen molar-refractivity contribution in [3.8, 4) is 5.75 Å². The summed E-state index contributed by atoms with van der Waals surface area (Å²) in [7, 11) is -3.59. The smallest absolute Gasteiger partial charge is 0.326 e. The molecule has 0 unspecified atom stereocenters. The predicted octanol–water partition coefficient (Wildman–Crippen LogP) is 1.80. The first-order chi connectivity index (χ1) is 9.05. The van der Waals surface area contributed by atoms with Crippen molar-refractivity contribution in [2.24, 2.45) is 0 Å². The summed E-state index contributed by atoms with van der Waals surface area (Å²) in [4.78, 5) is 11.5. The molecule has 0 amide bonds. The normalized spacial score (nSPS) is 11.2. The standard InChI is InChI=1S/C13H12O5S/c14-13(18-11-5-2-1-3-6-11)10-19(15,16)9-12-7-4-8-17-12/h1-8H,9-10H2. The lowest BCUT2D eigenvalue weighted by Crippen LogP contribution is -2.22. The molecule has 0 fully saturated rings. The fourth-order valence-electron chi connectivity index (χ4n) is 1.49. The number of hydrogen-bond donors (Lipinski definition) is 0. The topological polar surface area (TPSA) is 73.6 Å². The molecule has 5 nitrogen and oxygen atoms in total. The van der Waals surface area contributed by atoms with Gasteiger partial charge < -0.3 is 9.15 Å². The van der Waals surface area contributed by atoms with E-state index in [2.05, 4.69) is 0 Å². The molecule has 0 atom stereocenters. The molecular weight excluding hydrogens is 268 g/mol. The van der Waals surface area contributed by atoms with Crippen LogP contribution in [0.2, 0.25) is 0 Å². The summed E-state index contributed by atoms with van der Waals surface area (Å²) in [5, 5.41) is 0. The van der Waals surface area contributed by atoms with Gasteiger partial charge in [0.2, 0.25) is 0 Å². The van der Waals surface area contributed by atoms with Crippen LogP contribution in [0.25, 0.3) is 0 Å². The largest absolute Gasteiger partial charge is 0.468 e. The van der Waals surface area contributed by atoms with Crippen molar-refractivity contribution in [1.29, 1.82) is 0 Å². The molecule has 0 radical (unpaired) electrons. The van der Waals surface area contributed by atoms with E-state index in [4.69, 9.17) is 9.15 Å². The maximum atomic E-state index is 11.7. The van der Waals surface area contributed by atoms with Gasteiger partial charge in [-0.15, -0.1) is 0 Å². The Morgan fingerprint density at radius 3 is 2.47 bits per heavy atom. The van der Waals surface area contributed by atoms with Crippen LogP contribution in [-0.4, -0.2) is 20.1 Å². The van der Waals surface area contributed by atoms with Gasteiger partial charge in [-0.1, -0.05) is 18.2 Å². The molecule has 1 aromatic heterocycles. The van der Waals surface area contributed by atoms with Crippen LogP contribution in [0.1, 0.15) is 5.76 Å². The molecule has 1 aromatic carbocycles. The van der Waals surface area contributed by atoms with E-state index in [0.717, 1.165) is 0 Å². The van der Waals surface area contributed by atoms with Gasteiger partial charge in [-0.3, -0.25) is 4.79 Å². The Kier molecular flexibility index (Phi) is 4.01. The van der Waals surface area contributed by atoms with E-state index >= 15 is 0 Å². The molecule has 0 aliphatic rings. The first-order valence-electron chi connectivity index (χ1n) is 5.54. The zero-order chi connectivity index (χ0) is 13.7. The molecule has 2 rings (SSSR count). The van der Waals surface area contributed by atoms with E-state index in [1.807, 2.05) is 0 Å². The molecule has 2 aromatic rings. The van der Waals surface area contributed by atoms with Gasteiger partial charge in [-0.25, -0.2) is 8.42 Å². The summed E-state index contributed by atoms with van der Waals surface area (Å²) < 4.78 is 33.3. The minimum Gasteiger partial charge on any atom is -0.468 e. The van der Waals surface area contributed by atoms with Crippen molar-refractivity contribution in [2.45, 2.75) is 5.75 Å². The van der Waals surface area contributed by atoms with Crippen molar-refractivity contribution in [2.75, 3.05) is 5.75 Å². The lowest BCUT2D eigenvalue weighted by molar-refractivity contribution is -0.131. The van der Waals surface area contributed by atoms with Gasteiger partial charge >= 0.3 is 5.97 Å². The average molecular weight is 280 g/mol. The Hall–Kier alpha value is -2.08. The summed E-state index contributed by atoms with van der Waals surface area (Å²) in [5.41, 5.74) is 0. The van der Waals surface area contributed by atoms with Crippen molar-refractivity contribution in [3.63, 3.8) is 0 Å². The monoisotopic (exact) mass is 280 g/mol. The van der Waals surface area contributed by atoms with Crippen molar-refractivity contribution >= 4 is 15.8 Å². The number of furan rings is 1. The number of para-hydroxylation sites is 1. The van der Waals surface area contributed by atoms with Gasteiger partial charge in [0, 0.05) is 0 Å². The van der Waals surface area contributed by atoms with Crippen molar-refractivity contribution < 1.29 is 22.4 Å². The van der Waals surface area contributed by atoms with E-state index in [9.17, 15) is 13.2 Å².